The quantitative estimate of drug-likeness (QED) is 0.454. The van der Waals surface area contributed by atoms with E-state index in [1.165, 1.54) is 0 Å². The van der Waals surface area contributed by atoms with Gasteiger partial charge in [-0.05, 0) is 45.4 Å². The molecule has 0 fully saturated rings. The summed E-state index contributed by atoms with van der Waals surface area (Å²) in [4.78, 5) is 13.7. The number of hydrogen-bond acceptors (Lipinski definition) is 5. The number of hydrazine groups is 1. The molecule has 108 valence electrons. The van der Waals surface area contributed by atoms with Gasteiger partial charge in [0.2, 0.25) is 0 Å². The summed E-state index contributed by atoms with van der Waals surface area (Å²) in [5.41, 5.74) is 2.63. The molecule has 1 heterocycles. The summed E-state index contributed by atoms with van der Waals surface area (Å²) in [6.07, 6.45) is 3.24. The fraction of sp³-hybridized carbons (Fsp3) is 0.615. The van der Waals surface area contributed by atoms with Crippen LogP contribution in [0.1, 0.15) is 35.2 Å². The maximum atomic E-state index is 11.5. The molecule has 1 aromatic heterocycles. The lowest BCUT2D eigenvalue weighted by Gasteiger charge is -2.23. The third-order valence-electron chi connectivity index (χ3n) is 3.24. The van der Waals surface area contributed by atoms with Crippen LogP contribution in [0.25, 0.3) is 0 Å². The molecule has 1 atom stereocenters. The van der Waals surface area contributed by atoms with Crippen molar-refractivity contribution >= 4 is 17.7 Å². The van der Waals surface area contributed by atoms with Gasteiger partial charge in [-0.3, -0.25) is 15.1 Å². The number of aryl methyl sites for hydroxylation is 1. The summed E-state index contributed by atoms with van der Waals surface area (Å²) in [6, 6.07) is 2.24. The van der Waals surface area contributed by atoms with Gasteiger partial charge in [0.1, 0.15) is 11.5 Å². The van der Waals surface area contributed by atoms with Crippen LogP contribution in [0, 0.1) is 6.92 Å². The van der Waals surface area contributed by atoms with Crippen molar-refractivity contribution in [1.29, 1.82) is 0 Å². The number of furan rings is 1. The zero-order valence-electron chi connectivity index (χ0n) is 12.0. The first-order valence-electron chi connectivity index (χ1n) is 6.29. The Bertz CT molecular complexity index is 420. The number of nitrogens with zero attached hydrogens (tertiary/aromatic N) is 1. The van der Waals surface area contributed by atoms with Crippen LogP contribution in [0.4, 0.5) is 0 Å². The van der Waals surface area contributed by atoms with Crippen LogP contribution in [0.3, 0.4) is 0 Å². The molecule has 5 nitrogen and oxygen atoms in total. The smallest absolute Gasteiger partial charge is 0.268 e. The average molecular weight is 285 g/mol. The molecule has 0 spiro atoms. The molecule has 0 radical (unpaired) electrons. The van der Waals surface area contributed by atoms with Crippen LogP contribution in [0.2, 0.25) is 0 Å². The van der Waals surface area contributed by atoms with Crippen molar-refractivity contribution in [2.24, 2.45) is 5.84 Å². The van der Waals surface area contributed by atoms with Gasteiger partial charge in [-0.25, -0.2) is 5.84 Å². The standard InChI is InChI=1S/C13H23N3O2S/c1-9(5-6-19-4)16(3)8-11-7-12(10(2)18-11)13(17)15-14/h7,9H,5-6,8,14H2,1-4H3,(H,15,17). The number of nitrogens with one attached hydrogen (secondary N) is 1. The van der Waals surface area contributed by atoms with Crippen LogP contribution in [-0.4, -0.2) is 35.9 Å². The van der Waals surface area contributed by atoms with E-state index in [0.29, 0.717) is 23.9 Å². The molecule has 0 aliphatic carbocycles. The Kier molecular flexibility index (Phi) is 6.41. The highest BCUT2D eigenvalue weighted by molar-refractivity contribution is 7.98. The van der Waals surface area contributed by atoms with E-state index in [9.17, 15) is 4.79 Å². The van der Waals surface area contributed by atoms with Crippen LogP contribution in [0.15, 0.2) is 10.5 Å². The van der Waals surface area contributed by atoms with E-state index in [1.54, 1.807) is 13.0 Å². The number of nitrogen functional groups attached to an aromatic ring is 1. The van der Waals surface area contributed by atoms with Crippen LogP contribution < -0.4 is 11.3 Å². The summed E-state index contributed by atoms with van der Waals surface area (Å²) in [5.74, 6) is 7.35. The van der Waals surface area contributed by atoms with Crippen molar-refractivity contribution in [3.05, 3.63) is 23.2 Å². The van der Waals surface area contributed by atoms with Crippen molar-refractivity contribution in [3.8, 4) is 0 Å². The Labute approximate surface area is 118 Å². The zero-order chi connectivity index (χ0) is 14.4. The third kappa shape index (κ3) is 4.56. The number of hydrogen-bond donors (Lipinski definition) is 2. The molecule has 6 heteroatoms. The highest BCUT2D eigenvalue weighted by Crippen LogP contribution is 2.17. The molecule has 1 amide bonds. The minimum absolute atomic E-state index is 0.314. The normalized spacial score (nSPS) is 12.7. The van der Waals surface area contributed by atoms with Crippen molar-refractivity contribution in [2.75, 3.05) is 19.1 Å². The minimum atomic E-state index is -0.314. The topological polar surface area (TPSA) is 71.5 Å². The van der Waals surface area contributed by atoms with Crippen molar-refractivity contribution < 1.29 is 9.21 Å². The number of rotatable bonds is 7. The van der Waals surface area contributed by atoms with E-state index >= 15 is 0 Å². The second-order valence-corrected chi connectivity index (χ2v) is 5.69. The van der Waals surface area contributed by atoms with Crippen LogP contribution in [-0.2, 0) is 6.54 Å². The Morgan fingerprint density at radius 3 is 2.89 bits per heavy atom. The van der Waals surface area contributed by atoms with Crippen molar-refractivity contribution in [3.63, 3.8) is 0 Å². The summed E-state index contributed by atoms with van der Waals surface area (Å²) in [5, 5.41) is 0. The number of amides is 1. The molecule has 19 heavy (non-hydrogen) atoms. The van der Waals surface area contributed by atoms with E-state index in [0.717, 1.165) is 17.9 Å². The molecular formula is C13H23N3O2S. The molecule has 0 bridgehead atoms. The van der Waals surface area contributed by atoms with Gasteiger partial charge < -0.3 is 4.42 Å². The fourth-order valence-corrected chi connectivity index (χ4v) is 2.41. The Morgan fingerprint density at radius 2 is 2.32 bits per heavy atom. The number of thioether (sulfide) groups is 1. The third-order valence-corrected chi connectivity index (χ3v) is 3.89. The molecule has 1 rings (SSSR count). The van der Waals surface area contributed by atoms with Crippen molar-refractivity contribution in [2.45, 2.75) is 32.9 Å². The monoisotopic (exact) mass is 285 g/mol. The lowest BCUT2D eigenvalue weighted by atomic mass is 10.2. The fourth-order valence-electron chi connectivity index (χ4n) is 1.84. The van der Waals surface area contributed by atoms with Gasteiger partial charge in [0.15, 0.2) is 0 Å². The largest absolute Gasteiger partial charge is 0.464 e. The molecule has 0 aromatic carbocycles. The molecule has 0 saturated carbocycles. The molecule has 3 N–H and O–H groups in total. The van der Waals surface area contributed by atoms with Gasteiger partial charge in [-0.1, -0.05) is 0 Å². The number of nitrogens with two attached hydrogens (primary N) is 1. The lowest BCUT2D eigenvalue weighted by Crippen LogP contribution is -2.30. The second-order valence-electron chi connectivity index (χ2n) is 4.70. The van der Waals surface area contributed by atoms with E-state index in [-0.39, 0.29) is 5.91 Å². The summed E-state index contributed by atoms with van der Waals surface area (Å²) < 4.78 is 5.60. The maximum Gasteiger partial charge on any atom is 0.268 e. The van der Waals surface area contributed by atoms with Gasteiger partial charge in [-0.2, -0.15) is 11.8 Å². The van der Waals surface area contributed by atoms with Crippen molar-refractivity contribution in [1.82, 2.24) is 10.3 Å². The highest BCUT2D eigenvalue weighted by atomic mass is 32.2. The molecule has 0 aliphatic rings. The van der Waals surface area contributed by atoms with Gasteiger partial charge in [0.05, 0.1) is 12.1 Å². The molecular weight excluding hydrogens is 262 g/mol. The number of carbonyl (C=O) groups excluding carboxylic acids is 1. The molecule has 1 aromatic rings. The first-order chi connectivity index (χ1) is 8.99. The zero-order valence-corrected chi connectivity index (χ0v) is 12.8. The van der Waals surface area contributed by atoms with Gasteiger partial charge >= 0.3 is 0 Å². The summed E-state index contributed by atoms with van der Waals surface area (Å²) in [7, 11) is 2.06. The van der Waals surface area contributed by atoms with E-state index in [4.69, 9.17) is 10.3 Å². The first kappa shape index (κ1) is 16.1. The summed E-state index contributed by atoms with van der Waals surface area (Å²) in [6.45, 7) is 4.65. The molecule has 0 saturated heterocycles. The SMILES string of the molecule is CSCCC(C)N(C)Cc1cc(C(=O)NN)c(C)o1. The summed E-state index contributed by atoms with van der Waals surface area (Å²) >= 11 is 1.85. The van der Waals surface area contributed by atoms with Crippen LogP contribution >= 0.6 is 11.8 Å². The second kappa shape index (κ2) is 7.57. The Hall–Kier alpha value is -0.980. The molecule has 0 aliphatic heterocycles. The number of carbonyl (C=O) groups is 1. The Morgan fingerprint density at radius 1 is 1.63 bits per heavy atom. The predicted molar refractivity (Wildman–Crippen MR) is 79.0 cm³/mol. The lowest BCUT2D eigenvalue weighted by molar-refractivity contribution is 0.0952. The Balaban J connectivity index is 2.64. The first-order valence-corrected chi connectivity index (χ1v) is 7.68. The molecule has 1 unspecified atom stereocenters. The van der Waals surface area contributed by atoms with Gasteiger partial charge in [0.25, 0.3) is 5.91 Å². The minimum Gasteiger partial charge on any atom is -0.464 e. The average Bonchev–Trinajstić information content (AvgIpc) is 2.75. The van der Waals surface area contributed by atoms with Gasteiger partial charge in [0, 0.05) is 6.04 Å². The van der Waals surface area contributed by atoms with Crippen LogP contribution in [0.5, 0.6) is 0 Å². The maximum absolute atomic E-state index is 11.5. The highest BCUT2D eigenvalue weighted by Gasteiger charge is 2.16. The van der Waals surface area contributed by atoms with E-state index < -0.39 is 0 Å². The predicted octanol–water partition coefficient (Wildman–Crippen LogP) is 1.76. The van der Waals surface area contributed by atoms with E-state index in [1.807, 2.05) is 11.8 Å². The van der Waals surface area contributed by atoms with Gasteiger partial charge in [-0.15, -0.1) is 0 Å². The van der Waals surface area contributed by atoms with E-state index in [2.05, 4.69) is 30.6 Å².